The van der Waals surface area contributed by atoms with E-state index in [-0.39, 0.29) is 11.2 Å². The van der Waals surface area contributed by atoms with Crippen LogP contribution in [-0.2, 0) is 12.8 Å². The van der Waals surface area contributed by atoms with Gasteiger partial charge in [0.1, 0.15) is 15.5 Å². The number of aromatic nitrogens is 1. The van der Waals surface area contributed by atoms with Crippen LogP contribution in [0.15, 0.2) is 30.3 Å². The third-order valence-corrected chi connectivity index (χ3v) is 6.98. The maximum atomic E-state index is 13.0. The Labute approximate surface area is 169 Å². The van der Waals surface area contributed by atoms with Gasteiger partial charge in [0.2, 0.25) is 5.78 Å². The molecule has 5 heteroatoms. The second kappa shape index (κ2) is 6.89. The number of rotatable bonds is 3. The van der Waals surface area contributed by atoms with Crippen molar-refractivity contribution >= 4 is 33.0 Å². The highest BCUT2D eigenvalue weighted by Crippen LogP contribution is 2.40. The van der Waals surface area contributed by atoms with Crippen molar-refractivity contribution in [2.24, 2.45) is 11.3 Å². The third kappa shape index (κ3) is 3.28. The normalized spacial score (nSPS) is 16.8. The highest BCUT2D eigenvalue weighted by Gasteiger charge is 2.30. The number of nitrogen functional groups attached to an aromatic ring is 1. The van der Waals surface area contributed by atoms with Gasteiger partial charge in [0.25, 0.3) is 0 Å². The van der Waals surface area contributed by atoms with Crippen LogP contribution in [0.2, 0.25) is 0 Å². The first-order valence-corrected chi connectivity index (χ1v) is 10.5. The monoisotopic (exact) mass is 394 g/mol. The Morgan fingerprint density at radius 2 is 1.96 bits per heavy atom. The fourth-order valence-corrected chi connectivity index (χ4v) is 5.03. The van der Waals surface area contributed by atoms with E-state index in [0.29, 0.717) is 22.0 Å². The number of ether oxygens (including phenoxy) is 1. The van der Waals surface area contributed by atoms with E-state index in [9.17, 15) is 4.79 Å². The maximum Gasteiger partial charge on any atom is 0.205 e. The van der Waals surface area contributed by atoms with Crippen LogP contribution in [-0.4, -0.2) is 17.9 Å². The van der Waals surface area contributed by atoms with Gasteiger partial charge in [0.05, 0.1) is 12.8 Å². The van der Waals surface area contributed by atoms with Crippen molar-refractivity contribution < 1.29 is 9.53 Å². The maximum absolute atomic E-state index is 13.0. The minimum atomic E-state index is -0.0614. The van der Waals surface area contributed by atoms with Crippen molar-refractivity contribution in [3.8, 4) is 5.75 Å². The molecule has 28 heavy (non-hydrogen) atoms. The van der Waals surface area contributed by atoms with Crippen LogP contribution >= 0.6 is 11.3 Å². The topological polar surface area (TPSA) is 65.2 Å². The van der Waals surface area contributed by atoms with Gasteiger partial charge < -0.3 is 10.5 Å². The molecule has 4 rings (SSSR count). The summed E-state index contributed by atoms with van der Waals surface area (Å²) in [5, 5.41) is 0.912. The number of benzene rings is 1. The zero-order valence-corrected chi connectivity index (χ0v) is 17.7. The third-order valence-electron chi connectivity index (χ3n) is 5.87. The lowest BCUT2D eigenvalue weighted by atomic mass is 9.71. The summed E-state index contributed by atoms with van der Waals surface area (Å²) in [7, 11) is 1.61. The van der Waals surface area contributed by atoms with Crippen molar-refractivity contribution in [3.63, 3.8) is 0 Å². The van der Waals surface area contributed by atoms with Crippen molar-refractivity contribution in [3.05, 3.63) is 52.0 Å². The number of nitrogens with two attached hydrogens (primary N) is 1. The number of ketones is 1. The van der Waals surface area contributed by atoms with Crippen molar-refractivity contribution in [1.29, 1.82) is 0 Å². The van der Waals surface area contributed by atoms with Crippen LogP contribution in [0, 0.1) is 11.3 Å². The fourth-order valence-electron chi connectivity index (χ4n) is 3.97. The zero-order valence-electron chi connectivity index (χ0n) is 16.8. The minimum Gasteiger partial charge on any atom is -0.497 e. The molecule has 3 aromatic rings. The summed E-state index contributed by atoms with van der Waals surface area (Å²) in [5.74, 6) is 1.30. The molecule has 4 nitrogen and oxygen atoms in total. The Kier molecular flexibility index (Phi) is 4.66. The molecule has 0 saturated heterocycles. The molecule has 1 aliphatic carbocycles. The molecule has 2 aromatic heterocycles. The molecule has 1 unspecified atom stereocenters. The number of aryl methyl sites for hydroxylation is 1. The second-order valence-corrected chi connectivity index (χ2v) is 9.65. The van der Waals surface area contributed by atoms with Crippen LogP contribution in [0.1, 0.15) is 53.7 Å². The molecular formula is C23H26N2O2S. The van der Waals surface area contributed by atoms with Gasteiger partial charge in [-0.05, 0) is 66.5 Å². The molecule has 0 bridgehead atoms. The highest BCUT2D eigenvalue weighted by molar-refractivity contribution is 7.21. The summed E-state index contributed by atoms with van der Waals surface area (Å²) in [5.41, 5.74) is 10.3. The summed E-state index contributed by atoms with van der Waals surface area (Å²) in [6.45, 7) is 6.91. The first-order valence-electron chi connectivity index (χ1n) is 9.67. The van der Waals surface area contributed by atoms with E-state index >= 15 is 0 Å². The lowest BCUT2D eigenvalue weighted by Gasteiger charge is -2.34. The average Bonchev–Trinajstić information content (AvgIpc) is 3.00. The quantitative estimate of drug-likeness (QED) is 0.615. The van der Waals surface area contributed by atoms with E-state index in [4.69, 9.17) is 15.5 Å². The van der Waals surface area contributed by atoms with Crippen molar-refractivity contribution in [1.82, 2.24) is 4.98 Å². The predicted molar refractivity (Wildman–Crippen MR) is 115 cm³/mol. The Balaban J connectivity index is 1.72. The Morgan fingerprint density at radius 3 is 2.61 bits per heavy atom. The van der Waals surface area contributed by atoms with Crippen LogP contribution in [0.4, 0.5) is 5.69 Å². The number of thiophene rings is 1. The molecule has 0 amide bonds. The molecule has 0 radical (unpaired) electrons. The van der Waals surface area contributed by atoms with Gasteiger partial charge in [-0.15, -0.1) is 11.3 Å². The summed E-state index contributed by atoms with van der Waals surface area (Å²) < 4.78 is 5.17. The lowest BCUT2D eigenvalue weighted by Crippen LogP contribution is -2.27. The largest absolute Gasteiger partial charge is 0.497 e. The van der Waals surface area contributed by atoms with Gasteiger partial charge in [-0.3, -0.25) is 4.79 Å². The fraction of sp³-hybridized carbons (Fsp3) is 0.391. The van der Waals surface area contributed by atoms with Crippen LogP contribution in [0.5, 0.6) is 5.75 Å². The van der Waals surface area contributed by atoms with E-state index in [1.54, 1.807) is 31.4 Å². The molecule has 0 aliphatic heterocycles. The van der Waals surface area contributed by atoms with E-state index in [1.807, 2.05) is 0 Å². The van der Waals surface area contributed by atoms with E-state index in [2.05, 4.69) is 26.8 Å². The molecule has 1 aromatic carbocycles. The zero-order chi connectivity index (χ0) is 20.1. The van der Waals surface area contributed by atoms with Crippen LogP contribution in [0.3, 0.4) is 0 Å². The standard InChI is InChI=1S/C23H26N2O2S/c1-23(2,3)15-7-10-18-14(11-15)12-17-19(24)21(28-22(17)25-18)20(26)13-5-8-16(27-4)9-6-13/h5-6,8-9,12,15H,7,10-11,24H2,1-4H3. The van der Waals surface area contributed by atoms with Crippen LogP contribution < -0.4 is 10.5 Å². The van der Waals surface area contributed by atoms with Gasteiger partial charge in [-0.1, -0.05) is 20.8 Å². The number of pyridine rings is 1. The molecule has 146 valence electrons. The highest BCUT2D eigenvalue weighted by atomic mass is 32.1. The second-order valence-electron chi connectivity index (χ2n) is 8.66. The van der Waals surface area contributed by atoms with Gasteiger partial charge in [-0.2, -0.15) is 0 Å². The number of fused-ring (bicyclic) bond motifs is 2. The molecule has 2 heterocycles. The number of hydrogen-bond donors (Lipinski definition) is 1. The number of nitrogens with zero attached hydrogens (tertiary/aromatic N) is 1. The van der Waals surface area contributed by atoms with Gasteiger partial charge in [-0.25, -0.2) is 4.98 Å². The molecular weight excluding hydrogens is 368 g/mol. The summed E-state index contributed by atoms with van der Waals surface area (Å²) in [4.78, 5) is 19.3. The van der Waals surface area contributed by atoms with Gasteiger partial charge in [0.15, 0.2) is 0 Å². The smallest absolute Gasteiger partial charge is 0.205 e. The molecule has 1 aliphatic rings. The van der Waals surface area contributed by atoms with Crippen LogP contribution in [0.25, 0.3) is 10.2 Å². The number of carbonyl (C=O) groups excluding carboxylic acids is 1. The summed E-state index contributed by atoms with van der Waals surface area (Å²) in [6, 6.07) is 9.31. The van der Waals surface area contributed by atoms with E-state index in [1.165, 1.54) is 16.9 Å². The molecule has 0 spiro atoms. The Bertz CT molecular complexity index is 1050. The molecule has 0 fully saturated rings. The average molecular weight is 395 g/mol. The number of anilines is 1. The number of hydrogen-bond acceptors (Lipinski definition) is 5. The summed E-state index contributed by atoms with van der Waals surface area (Å²) in [6.07, 6.45) is 3.18. The summed E-state index contributed by atoms with van der Waals surface area (Å²) >= 11 is 1.40. The number of methoxy groups -OCH3 is 1. The SMILES string of the molecule is COc1ccc(C(=O)c2sc3nc4c(cc3c2N)CC(C(C)(C)C)CC4)cc1. The van der Waals surface area contributed by atoms with Gasteiger partial charge in [0, 0.05) is 16.6 Å². The minimum absolute atomic E-state index is 0.0614. The molecule has 0 saturated carbocycles. The molecule has 1 atom stereocenters. The first-order chi connectivity index (χ1) is 13.3. The van der Waals surface area contributed by atoms with E-state index in [0.717, 1.165) is 40.9 Å². The molecule has 2 N–H and O–H groups in total. The van der Waals surface area contributed by atoms with E-state index < -0.39 is 0 Å². The van der Waals surface area contributed by atoms with Crippen molar-refractivity contribution in [2.45, 2.75) is 40.0 Å². The Morgan fingerprint density at radius 1 is 1.25 bits per heavy atom. The number of carbonyl (C=O) groups is 1. The Hall–Kier alpha value is -2.40. The van der Waals surface area contributed by atoms with Crippen molar-refractivity contribution in [2.75, 3.05) is 12.8 Å². The first kappa shape index (κ1) is 18.9. The van der Waals surface area contributed by atoms with Gasteiger partial charge >= 0.3 is 0 Å². The predicted octanol–water partition coefficient (Wildman–Crippen LogP) is 5.27. The lowest BCUT2D eigenvalue weighted by molar-refractivity contribution is 0.104.